The van der Waals surface area contributed by atoms with E-state index in [2.05, 4.69) is 10.6 Å². The van der Waals surface area contributed by atoms with Crippen molar-refractivity contribution < 1.29 is 9.59 Å². The Bertz CT molecular complexity index is 536. The van der Waals surface area contributed by atoms with Crippen LogP contribution in [-0.2, 0) is 9.59 Å². The molecule has 1 aromatic rings. The van der Waals surface area contributed by atoms with Crippen LogP contribution in [-0.4, -0.2) is 35.8 Å². The van der Waals surface area contributed by atoms with Gasteiger partial charge in [-0.05, 0) is 50.5 Å². The third kappa shape index (κ3) is 3.97. The number of hydrogen-bond acceptors (Lipinski definition) is 3. The van der Waals surface area contributed by atoms with Crippen molar-refractivity contribution in [3.05, 3.63) is 23.8 Å². The lowest BCUT2D eigenvalue weighted by atomic mass is 10.1. The minimum Gasteiger partial charge on any atom is -0.374 e. The maximum atomic E-state index is 12.3. The second kappa shape index (κ2) is 6.61. The van der Waals surface area contributed by atoms with E-state index in [1.807, 2.05) is 36.9 Å². The van der Waals surface area contributed by atoms with Crippen molar-refractivity contribution >= 4 is 23.2 Å². The van der Waals surface area contributed by atoms with Crippen molar-refractivity contribution in [1.29, 1.82) is 0 Å². The maximum absolute atomic E-state index is 12.3. The molecule has 2 rings (SSSR count). The first kappa shape index (κ1) is 15.4. The average Bonchev–Trinajstić information content (AvgIpc) is 2.94. The standard InChI is InChI=1S/C16H23N3O2/c1-11-10-14(6-7-15(11)18-13(3)20)17-12(2)16(21)19-8-4-5-9-19/h6-7,10,12,17H,4-5,8-9H2,1-3H3,(H,18,20)/t12-/m0/s1. The summed E-state index contributed by atoms with van der Waals surface area (Å²) in [4.78, 5) is 25.3. The zero-order chi connectivity index (χ0) is 15.4. The Morgan fingerprint density at radius 1 is 1.24 bits per heavy atom. The zero-order valence-electron chi connectivity index (χ0n) is 12.9. The molecule has 1 aromatic carbocycles. The Kier molecular flexibility index (Phi) is 4.83. The van der Waals surface area contributed by atoms with E-state index < -0.39 is 0 Å². The molecule has 1 fully saturated rings. The van der Waals surface area contributed by atoms with Gasteiger partial charge in [-0.1, -0.05) is 0 Å². The molecule has 0 bridgehead atoms. The number of aryl methyl sites for hydroxylation is 1. The van der Waals surface area contributed by atoms with E-state index in [0.29, 0.717) is 0 Å². The lowest BCUT2D eigenvalue weighted by Gasteiger charge is -2.22. The van der Waals surface area contributed by atoms with Gasteiger partial charge in [0.2, 0.25) is 11.8 Å². The van der Waals surface area contributed by atoms with Crippen molar-refractivity contribution in [3.8, 4) is 0 Å². The van der Waals surface area contributed by atoms with Crippen LogP contribution in [0.4, 0.5) is 11.4 Å². The molecule has 5 heteroatoms. The summed E-state index contributed by atoms with van der Waals surface area (Å²) in [5, 5.41) is 6.02. The summed E-state index contributed by atoms with van der Waals surface area (Å²) < 4.78 is 0. The maximum Gasteiger partial charge on any atom is 0.244 e. The smallest absolute Gasteiger partial charge is 0.244 e. The van der Waals surface area contributed by atoms with Gasteiger partial charge in [0, 0.05) is 31.4 Å². The number of hydrogen-bond donors (Lipinski definition) is 2. The molecule has 1 heterocycles. The van der Waals surface area contributed by atoms with Crippen molar-refractivity contribution in [2.45, 2.75) is 39.7 Å². The first-order valence-corrected chi connectivity index (χ1v) is 7.41. The molecule has 114 valence electrons. The van der Waals surface area contributed by atoms with Crippen LogP contribution < -0.4 is 10.6 Å². The molecule has 0 spiro atoms. The number of carbonyl (C=O) groups excluding carboxylic acids is 2. The fraction of sp³-hybridized carbons (Fsp3) is 0.500. The predicted molar refractivity (Wildman–Crippen MR) is 84.4 cm³/mol. The normalized spacial score (nSPS) is 15.7. The summed E-state index contributed by atoms with van der Waals surface area (Å²) in [6.07, 6.45) is 2.20. The zero-order valence-corrected chi connectivity index (χ0v) is 12.9. The first-order valence-electron chi connectivity index (χ1n) is 7.41. The summed E-state index contributed by atoms with van der Waals surface area (Å²) in [6.45, 7) is 7.04. The SMILES string of the molecule is CC(=O)Nc1ccc(N[C@@H](C)C(=O)N2CCCC2)cc1C. The van der Waals surface area contributed by atoms with Crippen LogP contribution in [0, 0.1) is 6.92 Å². The highest BCUT2D eigenvalue weighted by Gasteiger charge is 2.23. The van der Waals surface area contributed by atoms with Crippen molar-refractivity contribution in [2.75, 3.05) is 23.7 Å². The highest BCUT2D eigenvalue weighted by Crippen LogP contribution is 2.21. The van der Waals surface area contributed by atoms with Gasteiger partial charge in [-0.15, -0.1) is 0 Å². The van der Waals surface area contributed by atoms with Crippen LogP contribution in [0.5, 0.6) is 0 Å². The van der Waals surface area contributed by atoms with E-state index >= 15 is 0 Å². The van der Waals surface area contributed by atoms with E-state index in [1.54, 1.807) is 0 Å². The van der Waals surface area contributed by atoms with Gasteiger partial charge < -0.3 is 15.5 Å². The largest absolute Gasteiger partial charge is 0.374 e. The van der Waals surface area contributed by atoms with Gasteiger partial charge in [-0.3, -0.25) is 9.59 Å². The number of rotatable bonds is 4. The topological polar surface area (TPSA) is 61.4 Å². The quantitative estimate of drug-likeness (QED) is 0.894. The summed E-state index contributed by atoms with van der Waals surface area (Å²) >= 11 is 0. The highest BCUT2D eigenvalue weighted by atomic mass is 16.2. The Morgan fingerprint density at radius 3 is 2.48 bits per heavy atom. The van der Waals surface area contributed by atoms with Gasteiger partial charge in [0.05, 0.1) is 0 Å². The molecular weight excluding hydrogens is 266 g/mol. The van der Waals surface area contributed by atoms with Gasteiger partial charge in [-0.2, -0.15) is 0 Å². The molecule has 0 unspecified atom stereocenters. The molecular formula is C16H23N3O2. The lowest BCUT2D eigenvalue weighted by molar-refractivity contribution is -0.130. The summed E-state index contributed by atoms with van der Waals surface area (Å²) in [7, 11) is 0. The lowest BCUT2D eigenvalue weighted by Crippen LogP contribution is -2.39. The molecule has 1 atom stereocenters. The van der Waals surface area contributed by atoms with Crippen LogP contribution in [0.2, 0.25) is 0 Å². The van der Waals surface area contributed by atoms with Crippen LogP contribution in [0.3, 0.4) is 0 Å². The fourth-order valence-electron chi connectivity index (χ4n) is 2.61. The van der Waals surface area contributed by atoms with Crippen molar-refractivity contribution in [1.82, 2.24) is 4.90 Å². The molecule has 1 aliphatic rings. The van der Waals surface area contributed by atoms with E-state index in [9.17, 15) is 9.59 Å². The van der Waals surface area contributed by atoms with Crippen LogP contribution in [0.15, 0.2) is 18.2 Å². The van der Waals surface area contributed by atoms with E-state index in [-0.39, 0.29) is 17.9 Å². The summed E-state index contributed by atoms with van der Waals surface area (Å²) in [5.74, 6) is 0.0625. The number of anilines is 2. The molecule has 0 aliphatic carbocycles. The van der Waals surface area contributed by atoms with E-state index in [0.717, 1.165) is 42.9 Å². The third-order valence-corrected chi connectivity index (χ3v) is 3.71. The Labute approximate surface area is 125 Å². The number of amides is 2. The number of carbonyl (C=O) groups is 2. The Morgan fingerprint density at radius 2 is 1.90 bits per heavy atom. The van der Waals surface area contributed by atoms with Gasteiger partial charge in [0.15, 0.2) is 0 Å². The molecule has 0 radical (unpaired) electrons. The van der Waals surface area contributed by atoms with Crippen LogP contribution in [0.25, 0.3) is 0 Å². The second-order valence-electron chi connectivity index (χ2n) is 5.61. The molecule has 2 N–H and O–H groups in total. The van der Waals surface area contributed by atoms with E-state index in [1.165, 1.54) is 6.92 Å². The fourth-order valence-corrected chi connectivity index (χ4v) is 2.61. The number of benzene rings is 1. The van der Waals surface area contributed by atoms with Crippen molar-refractivity contribution in [2.24, 2.45) is 0 Å². The minimum absolute atomic E-state index is 0.0867. The van der Waals surface area contributed by atoms with Gasteiger partial charge in [-0.25, -0.2) is 0 Å². The van der Waals surface area contributed by atoms with E-state index in [4.69, 9.17) is 0 Å². The van der Waals surface area contributed by atoms with Crippen LogP contribution in [0.1, 0.15) is 32.3 Å². The summed E-state index contributed by atoms with van der Waals surface area (Å²) in [5.41, 5.74) is 2.66. The average molecular weight is 289 g/mol. The minimum atomic E-state index is -0.242. The van der Waals surface area contributed by atoms with Crippen molar-refractivity contribution in [3.63, 3.8) is 0 Å². The monoisotopic (exact) mass is 289 g/mol. The number of likely N-dealkylation sites (tertiary alicyclic amines) is 1. The van der Waals surface area contributed by atoms with Gasteiger partial charge >= 0.3 is 0 Å². The highest BCUT2D eigenvalue weighted by molar-refractivity contribution is 5.90. The third-order valence-electron chi connectivity index (χ3n) is 3.71. The molecule has 2 amide bonds. The number of nitrogens with zero attached hydrogens (tertiary/aromatic N) is 1. The first-order chi connectivity index (χ1) is 9.97. The van der Waals surface area contributed by atoms with Crippen LogP contribution >= 0.6 is 0 Å². The second-order valence-corrected chi connectivity index (χ2v) is 5.61. The molecule has 0 saturated carbocycles. The predicted octanol–water partition coefficient (Wildman–Crippen LogP) is 2.38. The molecule has 0 aromatic heterocycles. The van der Waals surface area contributed by atoms with Gasteiger partial charge in [0.1, 0.15) is 6.04 Å². The number of nitrogens with one attached hydrogen (secondary N) is 2. The Hall–Kier alpha value is -2.04. The van der Waals surface area contributed by atoms with Gasteiger partial charge in [0.25, 0.3) is 0 Å². The molecule has 21 heavy (non-hydrogen) atoms. The molecule has 5 nitrogen and oxygen atoms in total. The molecule has 1 saturated heterocycles. The summed E-state index contributed by atoms with van der Waals surface area (Å²) in [6, 6.07) is 5.44. The molecule has 1 aliphatic heterocycles. The Balaban J connectivity index is 2.00.